The fourth-order valence-electron chi connectivity index (χ4n) is 3.32. The number of fused-ring (bicyclic) bond motifs is 1. The van der Waals surface area contributed by atoms with Crippen molar-refractivity contribution in [2.24, 2.45) is 0 Å². The number of ether oxygens (including phenoxy) is 1. The van der Waals surface area contributed by atoms with Crippen LogP contribution < -0.4 is 15.4 Å². The molecule has 3 aromatic rings. The number of oxazole rings is 1. The number of likely N-dealkylation sites (N-methyl/N-ethyl adjacent to an activating group) is 1. The number of nitrogens with zero attached hydrogens (tertiary/aromatic N) is 2. The van der Waals surface area contributed by atoms with Gasteiger partial charge in [0.1, 0.15) is 11.3 Å². The lowest BCUT2D eigenvalue weighted by Gasteiger charge is -2.25. The number of carbonyl (C=O) groups excluding carboxylic acids is 1. The molecule has 2 N–H and O–H groups in total. The van der Waals surface area contributed by atoms with Crippen LogP contribution in [-0.2, 0) is 0 Å². The van der Waals surface area contributed by atoms with E-state index in [4.69, 9.17) is 9.15 Å². The average molecular weight is 394 g/mol. The zero-order valence-corrected chi connectivity index (χ0v) is 16.9. The van der Waals surface area contributed by atoms with Crippen molar-refractivity contribution < 1.29 is 13.9 Å². The molecule has 1 aliphatic carbocycles. The molecular weight excluding hydrogens is 368 g/mol. The number of nitrogens with one attached hydrogen (secondary N) is 2. The highest BCUT2D eigenvalue weighted by Crippen LogP contribution is 2.40. The van der Waals surface area contributed by atoms with Crippen molar-refractivity contribution in [1.82, 2.24) is 15.2 Å². The molecular formula is C22H26N4O3. The van der Waals surface area contributed by atoms with E-state index < -0.39 is 0 Å². The van der Waals surface area contributed by atoms with Gasteiger partial charge in [0, 0.05) is 18.2 Å². The summed E-state index contributed by atoms with van der Waals surface area (Å²) >= 11 is 0. The number of amides is 2. The van der Waals surface area contributed by atoms with Crippen molar-refractivity contribution in [2.45, 2.75) is 24.8 Å². The lowest BCUT2D eigenvalue weighted by atomic mass is 10.1. The number of rotatable bonds is 7. The predicted octanol–water partition coefficient (Wildman–Crippen LogP) is 4.14. The highest BCUT2D eigenvalue weighted by Gasteiger charge is 2.28. The Hall–Kier alpha value is -3.06. The maximum Gasteiger partial charge on any atom is 0.319 e. The molecule has 1 aromatic heterocycles. The number of carbonyl (C=O) groups is 1. The van der Waals surface area contributed by atoms with Gasteiger partial charge in [-0.1, -0.05) is 12.1 Å². The van der Waals surface area contributed by atoms with Gasteiger partial charge >= 0.3 is 6.03 Å². The highest BCUT2D eigenvalue weighted by molar-refractivity contribution is 5.91. The fourth-order valence-corrected chi connectivity index (χ4v) is 3.32. The fraction of sp³-hybridized carbons (Fsp3) is 0.364. The summed E-state index contributed by atoms with van der Waals surface area (Å²) in [5.41, 5.74) is 3.32. The number of hydrogen-bond donors (Lipinski definition) is 2. The standard InChI is InChI=1S/C22H26N4O3/c1-26(2)19(14-6-9-17(28-3)10-7-14)13-23-22(27)24-16-8-11-20-18(12-16)25-21(29-20)15-4-5-15/h6-12,15,19H,4-5,13H2,1-3H3,(H2,23,24,27). The molecule has 1 saturated carbocycles. The molecule has 0 bridgehead atoms. The first kappa shape index (κ1) is 19.3. The van der Waals surface area contributed by atoms with Crippen molar-refractivity contribution >= 4 is 22.8 Å². The number of aromatic nitrogens is 1. The number of methoxy groups -OCH3 is 1. The molecule has 1 aliphatic rings. The Kier molecular flexibility index (Phi) is 5.40. The lowest BCUT2D eigenvalue weighted by Crippen LogP contribution is -2.36. The van der Waals surface area contributed by atoms with Gasteiger partial charge in [-0.05, 0) is 62.8 Å². The molecule has 1 unspecified atom stereocenters. The Morgan fingerprint density at radius 1 is 1.24 bits per heavy atom. The van der Waals surface area contributed by atoms with Crippen LogP contribution in [0.1, 0.15) is 36.3 Å². The zero-order valence-electron chi connectivity index (χ0n) is 16.9. The van der Waals surface area contributed by atoms with Gasteiger partial charge in [-0.15, -0.1) is 0 Å². The molecule has 1 fully saturated rings. The molecule has 29 heavy (non-hydrogen) atoms. The normalized spacial score (nSPS) is 14.8. The van der Waals surface area contributed by atoms with E-state index in [0.29, 0.717) is 18.2 Å². The predicted molar refractivity (Wildman–Crippen MR) is 112 cm³/mol. The van der Waals surface area contributed by atoms with Crippen LogP contribution in [0.15, 0.2) is 46.9 Å². The van der Waals surface area contributed by atoms with Crippen molar-refractivity contribution in [3.63, 3.8) is 0 Å². The van der Waals surface area contributed by atoms with Gasteiger partial charge in [-0.25, -0.2) is 9.78 Å². The topological polar surface area (TPSA) is 79.6 Å². The number of hydrogen-bond acceptors (Lipinski definition) is 5. The number of urea groups is 1. The molecule has 1 heterocycles. The van der Waals surface area contributed by atoms with Crippen LogP contribution >= 0.6 is 0 Å². The Morgan fingerprint density at radius 3 is 2.66 bits per heavy atom. The van der Waals surface area contributed by atoms with Crippen LogP contribution in [0.3, 0.4) is 0 Å². The molecule has 0 saturated heterocycles. The van der Waals surface area contributed by atoms with E-state index in [2.05, 4.69) is 20.5 Å². The molecule has 2 aromatic carbocycles. The van der Waals surface area contributed by atoms with E-state index in [9.17, 15) is 4.79 Å². The number of benzene rings is 2. The van der Waals surface area contributed by atoms with E-state index in [0.717, 1.165) is 41.1 Å². The van der Waals surface area contributed by atoms with Crippen LogP contribution in [0, 0.1) is 0 Å². The Bertz CT molecular complexity index is 993. The average Bonchev–Trinajstić information content (AvgIpc) is 3.48. The summed E-state index contributed by atoms with van der Waals surface area (Å²) in [5.74, 6) is 2.07. The smallest absolute Gasteiger partial charge is 0.319 e. The molecule has 7 nitrogen and oxygen atoms in total. The molecule has 0 aliphatic heterocycles. The molecule has 152 valence electrons. The monoisotopic (exact) mass is 394 g/mol. The van der Waals surface area contributed by atoms with Gasteiger partial charge in [0.2, 0.25) is 0 Å². The van der Waals surface area contributed by atoms with Crippen molar-refractivity contribution in [3.05, 3.63) is 53.9 Å². The second-order valence-corrected chi connectivity index (χ2v) is 7.60. The maximum atomic E-state index is 12.4. The second-order valence-electron chi connectivity index (χ2n) is 7.60. The van der Waals surface area contributed by atoms with Crippen molar-refractivity contribution in [2.75, 3.05) is 33.1 Å². The van der Waals surface area contributed by atoms with Crippen molar-refractivity contribution in [1.29, 1.82) is 0 Å². The van der Waals surface area contributed by atoms with E-state index in [1.807, 2.05) is 56.6 Å². The maximum absolute atomic E-state index is 12.4. The van der Waals surface area contributed by atoms with Gasteiger partial charge < -0.3 is 24.7 Å². The van der Waals surface area contributed by atoms with Gasteiger partial charge in [0.05, 0.1) is 13.2 Å². The lowest BCUT2D eigenvalue weighted by molar-refractivity contribution is 0.243. The minimum atomic E-state index is -0.254. The van der Waals surface area contributed by atoms with Crippen LogP contribution in [0.4, 0.5) is 10.5 Å². The van der Waals surface area contributed by atoms with Gasteiger partial charge in [0.25, 0.3) is 0 Å². The van der Waals surface area contributed by atoms with Crippen LogP contribution in [0.2, 0.25) is 0 Å². The molecule has 7 heteroatoms. The minimum Gasteiger partial charge on any atom is -0.497 e. The van der Waals surface area contributed by atoms with Crippen LogP contribution in [-0.4, -0.2) is 43.7 Å². The molecule has 0 radical (unpaired) electrons. The van der Waals surface area contributed by atoms with E-state index in [1.54, 1.807) is 7.11 Å². The summed E-state index contributed by atoms with van der Waals surface area (Å²) < 4.78 is 11.0. The third-order valence-corrected chi connectivity index (χ3v) is 5.17. The number of anilines is 1. The minimum absolute atomic E-state index is 0.0470. The summed E-state index contributed by atoms with van der Waals surface area (Å²) in [6.45, 7) is 0.475. The molecule has 4 rings (SSSR count). The van der Waals surface area contributed by atoms with E-state index >= 15 is 0 Å². The van der Waals surface area contributed by atoms with Crippen molar-refractivity contribution in [3.8, 4) is 5.75 Å². The third-order valence-electron chi connectivity index (χ3n) is 5.17. The first-order valence-electron chi connectivity index (χ1n) is 9.79. The third kappa shape index (κ3) is 4.51. The summed E-state index contributed by atoms with van der Waals surface area (Å²) in [6, 6.07) is 13.2. The van der Waals surface area contributed by atoms with E-state index in [1.165, 1.54) is 0 Å². The van der Waals surface area contributed by atoms with Gasteiger partial charge in [-0.3, -0.25) is 0 Å². The summed E-state index contributed by atoms with van der Waals surface area (Å²) in [4.78, 5) is 19.0. The Balaban J connectivity index is 1.38. The second kappa shape index (κ2) is 8.13. The first-order chi connectivity index (χ1) is 14.0. The largest absolute Gasteiger partial charge is 0.497 e. The summed E-state index contributed by atoms with van der Waals surface area (Å²) in [7, 11) is 5.63. The first-order valence-corrected chi connectivity index (χ1v) is 9.79. The highest BCUT2D eigenvalue weighted by atomic mass is 16.5. The molecule has 1 atom stereocenters. The Morgan fingerprint density at radius 2 is 2.00 bits per heavy atom. The quantitative estimate of drug-likeness (QED) is 0.630. The summed E-state index contributed by atoms with van der Waals surface area (Å²) in [6.07, 6.45) is 2.28. The van der Waals surface area contributed by atoms with Crippen LogP contribution in [0.25, 0.3) is 11.1 Å². The van der Waals surface area contributed by atoms with Gasteiger partial charge in [0.15, 0.2) is 11.5 Å². The van der Waals surface area contributed by atoms with E-state index in [-0.39, 0.29) is 12.1 Å². The zero-order chi connectivity index (χ0) is 20.4. The van der Waals surface area contributed by atoms with Gasteiger partial charge in [-0.2, -0.15) is 0 Å². The molecule has 0 spiro atoms. The SMILES string of the molecule is COc1ccc(C(CNC(=O)Nc2ccc3oc(C4CC4)nc3c2)N(C)C)cc1. The Labute approximate surface area is 170 Å². The summed E-state index contributed by atoms with van der Waals surface area (Å²) in [5, 5.41) is 5.84. The van der Waals surface area contributed by atoms with Crippen LogP contribution in [0.5, 0.6) is 5.75 Å². The molecule has 2 amide bonds.